The molecule has 0 radical (unpaired) electrons. The summed E-state index contributed by atoms with van der Waals surface area (Å²) >= 11 is 0. The molecule has 29 heavy (non-hydrogen) atoms. The average molecular weight is 389 g/mol. The number of nitrogens with zero attached hydrogens (tertiary/aromatic N) is 1. The Bertz CT molecular complexity index is 700. The maximum atomic E-state index is 9.11. The minimum absolute atomic E-state index is 0.304. The zero-order chi connectivity index (χ0) is 20.2. The summed E-state index contributed by atoms with van der Waals surface area (Å²) in [5, 5.41) is 9.11. The molecule has 2 nitrogen and oxygen atoms in total. The highest BCUT2D eigenvalue weighted by atomic mass is 16.2. The van der Waals surface area contributed by atoms with Gasteiger partial charge < -0.3 is 9.59 Å². The standard InChI is InChI=1S/C27H34NO/c29-21-13-2-1-12-20-28(22-25-14-6-3-7-15-25,23-26-16-8-4-9-17-26)24-27-18-10-5-11-19-27/h3-11,14-19,29H,1-2,12-13,20-24H2/q+1. The van der Waals surface area contributed by atoms with Crippen molar-refractivity contribution < 1.29 is 9.59 Å². The summed E-state index contributed by atoms with van der Waals surface area (Å²) in [7, 11) is 0. The fourth-order valence-electron chi connectivity index (χ4n) is 4.23. The van der Waals surface area contributed by atoms with Crippen LogP contribution in [0.25, 0.3) is 0 Å². The minimum Gasteiger partial charge on any atom is -0.396 e. The maximum Gasteiger partial charge on any atom is 0.105 e. The van der Waals surface area contributed by atoms with Gasteiger partial charge in [-0.2, -0.15) is 0 Å². The zero-order valence-electron chi connectivity index (χ0n) is 17.4. The summed E-state index contributed by atoms with van der Waals surface area (Å²) in [6.45, 7) is 4.54. The number of hydrogen-bond donors (Lipinski definition) is 1. The monoisotopic (exact) mass is 388 g/mol. The number of benzene rings is 3. The van der Waals surface area contributed by atoms with Crippen molar-refractivity contribution in [2.75, 3.05) is 13.2 Å². The van der Waals surface area contributed by atoms with Gasteiger partial charge in [-0.25, -0.2) is 0 Å². The maximum absolute atomic E-state index is 9.11. The molecule has 0 fully saturated rings. The Hall–Kier alpha value is -2.42. The molecule has 0 unspecified atom stereocenters. The van der Waals surface area contributed by atoms with Gasteiger partial charge in [0, 0.05) is 23.3 Å². The fourth-order valence-corrected chi connectivity index (χ4v) is 4.23. The van der Waals surface area contributed by atoms with Gasteiger partial charge in [0.2, 0.25) is 0 Å². The van der Waals surface area contributed by atoms with Crippen molar-refractivity contribution in [3.63, 3.8) is 0 Å². The van der Waals surface area contributed by atoms with Gasteiger partial charge in [0.25, 0.3) is 0 Å². The third-order valence-electron chi connectivity index (χ3n) is 5.62. The topological polar surface area (TPSA) is 20.2 Å². The number of aliphatic hydroxyl groups is 1. The molecule has 0 saturated heterocycles. The Morgan fingerprint density at radius 3 is 1.24 bits per heavy atom. The second-order valence-electron chi connectivity index (χ2n) is 8.13. The van der Waals surface area contributed by atoms with Crippen LogP contribution >= 0.6 is 0 Å². The molecule has 0 atom stereocenters. The van der Waals surface area contributed by atoms with E-state index in [0.29, 0.717) is 6.61 Å². The van der Waals surface area contributed by atoms with Crippen molar-refractivity contribution in [1.82, 2.24) is 0 Å². The van der Waals surface area contributed by atoms with Crippen LogP contribution in [-0.4, -0.2) is 22.7 Å². The van der Waals surface area contributed by atoms with Gasteiger partial charge >= 0.3 is 0 Å². The van der Waals surface area contributed by atoms with E-state index in [2.05, 4.69) is 91.0 Å². The molecule has 0 saturated carbocycles. The van der Waals surface area contributed by atoms with Crippen LogP contribution in [-0.2, 0) is 19.6 Å². The highest BCUT2D eigenvalue weighted by Gasteiger charge is 2.28. The van der Waals surface area contributed by atoms with Gasteiger partial charge in [0.15, 0.2) is 0 Å². The molecule has 3 aromatic carbocycles. The molecular weight excluding hydrogens is 354 g/mol. The Kier molecular flexibility index (Phi) is 8.48. The largest absolute Gasteiger partial charge is 0.396 e. The molecule has 0 aliphatic heterocycles. The molecule has 2 heteroatoms. The number of hydrogen-bond acceptors (Lipinski definition) is 1. The number of quaternary nitrogens is 1. The van der Waals surface area contributed by atoms with Crippen LogP contribution in [0.5, 0.6) is 0 Å². The zero-order valence-corrected chi connectivity index (χ0v) is 17.4. The van der Waals surface area contributed by atoms with E-state index < -0.39 is 0 Å². The SMILES string of the molecule is OCCCCCC[N+](Cc1ccccc1)(Cc1ccccc1)Cc1ccccc1. The summed E-state index contributed by atoms with van der Waals surface area (Å²) in [5.74, 6) is 0. The Morgan fingerprint density at radius 1 is 0.483 bits per heavy atom. The van der Waals surface area contributed by atoms with Crippen LogP contribution < -0.4 is 0 Å². The predicted molar refractivity (Wildman–Crippen MR) is 121 cm³/mol. The van der Waals surface area contributed by atoms with Crippen LogP contribution in [0, 0.1) is 0 Å². The molecule has 0 heterocycles. The van der Waals surface area contributed by atoms with E-state index in [0.717, 1.165) is 43.5 Å². The summed E-state index contributed by atoms with van der Waals surface area (Å²) < 4.78 is 1.02. The fraction of sp³-hybridized carbons (Fsp3) is 0.333. The van der Waals surface area contributed by atoms with E-state index in [1.807, 2.05) is 0 Å². The van der Waals surface area contributed by atoms with Crippen LogP contribution in [0.4, 0.5) is 0 Å². The van der Waals surface area contributed by atoms with Gasteiger partial charge in [-0.1, -0.05) is 97.4 Å². The second kappa shape index (κ2) is 11.5. The Morgan fingerprint density at radius 2 is 0.862 bits per heavy atom. The van der Waals surface area contributed by atoms with E-state index >= 15 is 0 Å². The van der Waals surface area contributed by atoms with Crippen molar-refractivity contribution in [2.24, 2.45) is 0 Å². The predicted octanol–water partition coefficient (Wildman–Crippen LogP) is 5.96. The first-order valence-electron chi connectivity index (χ1n) is 10.9. The third-order valence-corrected chi connectivity index (χ3v) is 5.62. The van der Waals surface area contributed by atoms with Gasteiger partial charge in [0.05, 0.1) is 6.54 Å². The van der Waals surface area contributed by atoms with Gasteiger partial charge in [-0.15, -0.1) is 0 Å². The smallest absolute Gasteiger partial charge is 0.105 e. The molecule has 3 rings (SSSR count). The molecule has 0 aromatic heterocycles. The first-order chi connectivity index (χ1) is 14.3. The van der Waals surface area contributed by atoms with Crippen LogP contribution in [0.2, 0.25) is 0 Å². The van der Waals surface area contributed by atoms with Gasteiger partial charge in [0.1, 0.15) is 19.6 Å². The van der Waals surface area contributed by atoms with Crippen LogP contribution in [0.3, 0.4) is 0 Å². The lowest BCUT2D eigenvalue weighted by atomic mass is 10.1. The highest BCUT2D eigenvalue weighted by Crippen LogP contribution is 2.25. The van der Waals surface area contributed by atoms with Gasteiger partial charge in [-0.05, 0) is 19.3 Å². The van der Waals surface area contributed by atoms with Crippen molar-refractivity contribution in [3.8, 4) is 0 Å². The molecule has 0 spiro atoms. The van der Waals surface area contributed by atoms with Crippen molar-refractivity contribution in [3.05, 3.63) is 108 Å². The first kappa shape index (κ1) is 21.3. The van der Waals surface area contributed by atoms with E-state index in [-0.39, 0.29) is 0 Å². The molecular formula is C27H34NO+. The molecule has 152 valence electrons. The lowest BCUT2D eigenvalue weighted by Crippen LogP contribution is -2.46. The molecule has 3 aromatic rings. The Labute approximate surface area is 176 Å². The van der Waals surface area contributed by atoms with Crippen molar-refractivity contribution in [1.29, 1.82) is 0 Å². The van der Waals surface area contributed by atoms with Crippen molar-refractivity contribution >= 4 is 0 Å². The Balaban J connectivity index is 1.87. The van der Waals surface area contributed by atoms with E-state index in [1.54, 1.807) is 0 Å². The van der Waals surface area contributed by atoms with Crippen LogP contribution in [0.1, 0.15) is 42.4 Å². The van der Waals surface area contributed by atoms with Crippen LogP contribution in [0.15, 0.2) is 91.0 Å². The number of rotatable bonds is 12. The second-order valence-corrected chi connectivity index (χ2v) is 8.13. The third kappa shape index (κ3) is 7.16. The lowest BCUT2D eigenvalue weighted by molar-refractivity contribution is -0.966. The normalized spacial score (nSPS) is 11.5. The average Bonchev–Trinajstić information content (AvgIpc) is 2.76. The summed E-state index contributed by atoms with van der Waals surface area (Å²) in [6, 6.07) is 32.7. The molecule has 0 aliphatic carbocycles. The summed E-state index contributed by atoms with van der Waals surface area (Å²) in [6.07, 6.45) is 4.39. The molecule has 1 N–H and O–H groups in total. The quantitative estimate of drug-likeness (QED) is 0.300. The minimum atomic E-state index is 0.304. The molecule has 0 amide bonds. The van der Waals surface area contributed by atoms with E-state index in [4.69, 9.17) is 5.11 Å². The number of unbranched alkanes of at least 4 members (excludes halogenated alkanes) is 3. The number of aliphatic hydroxyl groups excluding tert-OH is 1. The summed E-state index contributed by atoms with van der Waals surface area (Å²) in [4.78, 5) is 0. The highest BCUT2D eigenvalue weighted by molar-refractivity contribution is 5.17. The van der Waals surface area contributed by atoms with E-state index in [9.17, 15) is 0 Å². The van der Waals surface area contributed by atoms with Gasteiger partial charge in [-0.3, -0.25) is 0 Å². The van der Waals surface area contributed by atoms with E-state index in [1.165, 1.54) is 29.5 Å². The lowest BCUT2D eigenvalue weighted by Gasteiger charge is -2.39. The molecule has 0 bridgehead atoms. The summed E-state index contributed by atoms with van der Waals surface area (Å²) in [5.41, 5.74) is 4.19. The van der Waals surface area contributed by atoms with Crippen molar-refractivity contribution in [2.45, 2.75) is 45.3 Å². The molecule has 0 aliphatic rings. The first-order valence-corrected chi connectivity index (χ1v) is 10.9.